The Morgan fingerprint density at radius 1 is 1.05 bits per heavy atom. The molecular formula is C20H26O2. The fraction of sp³-hybridized carbons (Fsp3) is 0.300. The molecule has 1 rings (SSSR count). The van der Waals surface area contributed by atoms with E-state index in [-0.39, 0.29) is 0 Å². The van der Waals surface area contributed by atoms with E-state index in [9.17, 15) is 0 Å². The van der Waals surface area contributed by atoms with Gasteiger partial charge in [0.1, 0.15) is 5.75 Å². The molecule has 0 amide bonds. The fourth-order valence-electron chi connectivity index (χ4n) is 2.20. The maximum absolute atomic E-state index is 8.82. The van der Waals surface area contributed by atoms with E-state index in [1.807, 2.05) is 25.2 Å². The Labute approximate surface area is 134 Å². The number of hydrogen-bond donors (Lipinski definition) is 1. The smallest absolute Gasteiger partial charge is 0.122 e. The van der Waals surface area contributed by atoms with Gasteiger partial charge in [-0.25, -0.2) is 0 Å². The molecule has 0 aliphatic rings. The van der Waals surface area contributed by atoms with Crippen LogP contribution in [0.3, 0.4) is 0 Å². The fourth-order valence-corrected chi connectivity index (χ4v) is 2.20. The lowest BCUT2D eigenvalue weighted by molar-refractivity contribution is 0.411. The van der Waals surface area contributed by atoms with Crippen molar-refractivity contribution in [2.75, 3.05) is 7.11 Å². The van der Waals surface area contributed by atoms with Crippen LogP contribution in [-0.2, 0) is 0 Å². The highest BCUT2D eigenvalue weighted by molar-refractivity contribution is 5.64. The average Bonchev–Trinajstić information content (AvgIpc) is 2.50. The number of methoxy groups -OCH3 is 1. The van der Waals surface area contributed by atoms with E-state index < -0.39 is 0 Å². The van der Waals surface area contributed by atoms with Gasteiger partial charge in [-0.05, 0) is 68.5 Å². The Kier molecular flexibility index (Phi) is 6.71. The maximum atomic E-state index is 8.82. The summed E-state index contributed by atoms with van der Waals surface area (Å²) in [5.41, 5.74) is 6.84. The molecule has 0 aliphatic heterocycles. The summed E-state index contributed by atoms with van der Waals surface area (Å²) in [5, 5.41) is 8.82. The van der Waals surface area contributed by atoms with Gasteiger partial charge in [0.05, 0.1) is 13.4 Å². The molecule has 0 aliphatic carbocycles. The lowest BCUT2D eigenvalue weighted by Gasteiger charge is -2.13. The van der Waals surface area contributed by atoms with Gasteiger partial charge in [-0.3, -0.25) is 0 Å². The lowest BCUT2D eigenvalue weighted by atomic mass is 9.96. The van der Waals surface area contributed by atoms with Crippen LogP contribution in [0.1, 0.15) is 36.1 Å². The number of rotatable bonds is 5. The van der Waals surface area contributed by atoms with Crippen LogP contribution in [0.15, 0.2) is 47.8 Å². The van der Waals surface area contributed by atoms with Gasteiger partial charge in [0.25, 0.3) is 0 Å². The third-order valence-electron chi connectivity index (χ3n) is 3.76. The largest absolute Gasteiger partial charge is 0.515 e. The minimum Gasteiger partial charge on any atom is -0.515 e. The second-order valence-corrected chi connectivity index (χ2v) is 5.54. The molecule has 0 heterocycles. The highest BCUT2D eigenvalue weighted by atomic mass is 16.5. The predicted molar refractivity (Wildman–Crippen MR) is 95.5 cm³/mol. The van der Waals surface area contributed by atoms with Crippen molar-refractivity contribution in [1.82, 2.24) is 0 Å². The zero-order valence-corrected chi connectivity index (χ0v) is 14.4. The number of allylic oxidation sites excluding steroid dienone is 6. The third-order valence-corrected chi connectivity index (χ3v) is 3.76. The minimum atomic E-state index is 0.825. The van der Waals surface area contributed by atoms with Crippen LogP contribution in [0, 0.1) is 20.8 Å². The Bertz CT molecular complexity index is 644. The van der Waals surface area contributed by atoms with Gasteiger partial charge in [0.15, 0.2) is 0 Å². The molecule has 0 bridgehead atoms. The second kappa shape index (κ2) is 8.28. The molecule has 2 heteroatoms. The molecule has 1 N–H and O–H groups in total. The van der Waals surface area contributed by atoms with Crippen molar-refractivity contribution in [2.45, 2.75) is 34.6 Å². The standard InChI is InChI=1S/C20H26O2/c1-14(8-7-9-15(2)13-21)10-11-19-16(3)12-20(22-6)18(5)17(19)4/h7-13,21H,1-6H3/b9-7+,11-10+,14-8+,15-13+. The Balaban J connectivity index is 3.02. The normalized spacial score (nSPS) is 13.4. The molecule has 2 nitrogen and oxygen atoms in total. The number of aliphatic hydroxyl groups excluding tert-OH is 1. The molecule has 0 fully saturated rings. The molecule has 0 atom stereocenters. The highest BCUT2D eigenvalue weighted by Gasteiger charge is 2.08. The van der Waals surface area contributed by atoms with Crippen molar-refractivity contribution in [3.8, 4) is 5.75 Å². The van der Waals surface area contributed by atoms with Gasteiger partial charge in [-0.15, -0.1) is 0 Å². The van der Waals surface area contributed by atoms with E-state index in [1.54, 1.807) is 7.11 Å². The van der Waals surface area contributed by atoms with Crippen molar-refractivity contribution >= 4 is 6.08 Å². The van der Waals surface area contributed by atoms with Crippen molar-refractivity contribution in [2.24, 2.45) is 0 Å². The zero-order chi connectivity index (χ0) is 16.7. The van der Waals surface area contributed by atoms with Crippen LogP contribution >= 0.6 is 0 Å². The van der Waals surface area contributed by atoms with Crippen molar-refractivity contribution in [1.29, 1.82) is 0 Å². The lowest BCUT2D eigenvalue weighted by Crippen LogP contribution is -1.95. The zero-order valence-electron chi connectivity index (χ0n) is 14.4. The summed E-state index contributed by atoms with van der Waals surface area (Å²) in [4.78, 5) is 0. The van der Waals surface area contributed by atoms with Gasteiger partial charge in [0, 0.05) is 0 Å². The van der Waals surface area contributed by atoms with Crippen LogP contribution in [0.4, 0.5) is 0 Å². The molecule has 0 radical (unpaired) electrons. The van der Waals surface area contributed by atoms with Crippen LogP contribution < -0.4 is 4.74 Å². The van der Waals surface area contributed by atoms with E-state index in [0.717, 1.165) is 23.2 Å². The second-order valence-electron chi connectivity index (χ2n) is 5.54. The summed E-state index contributed by atoms with van der Waals surface area (Å²) in [5.74, 6) is 0.939. The first-order valence-electron chi connectivity index (χ1n) is 7.39. The molecule has 0 unspecified atom stereocenters. The molecule has 0 spiro atoms. The van der Waals surface area contributed by atoms with Crippen LogP contribution in [0.2, 0.25) is 0 Å². The van der Waals surface area contributed by atoms with Crippen LogP contribution in [0.25, 0.3) is 6.08 Å². The van der Waals surface area contributed by atoms with Gasteiger partial charge in [-0.1, -0.05) is 36.0 Å². The number of hydrogen-bond acceptors (Lipinski definition) is 2. The van der Waals surface area contributed by atoms with Crippen molar-refractivity contribution < 1.29 is 9.84 Å². The first kappa shape index (κ1) is 17.8. The molecule has 1 aromatic rings. The van der Waals surface area contributed by atoms with E-state index in [4.69, 9.17) is 9.84 Å². The number of benzene rings is 1. The van der Waals surface area contributed by atoms with E-state index in [1.165, 1.54) is 22.3 Å². The van der Waals surface area contributed by atoms with E-state index in [2.05, 4.69) is 45.9 Å². The van der Waals surface area contributed by atoms with Gasteiger partial charge in [0.2, 0.25) is 0 Å². The summed E-state index contributed by atoms with van der Waals surface area (Å²) in [7, 11) is 1.71. The SMILES string of the molecule is COc1cc(C)c(/C=C/C(C)=C/C=C/C(C)=C/O)c(C)c1C. The summed E-state index contributed by atoms with van der Waals surface area (Å²) in [6.07, 6.45) is 11.2. The van der Waals surface area contributed by atoms with E-state index >= 15 is 0 Å². The van der Waals surface area contributed by atoms with E-state index in [0.29, 0.717) is 0 Å². The van der Waals surface area contributed by atoms with Crippen LogP contribution in [-0.4, -0.2) is 12.2 Å². The Morgan fingerprint density at radius 3 is 2.32 bits per heavy atom. The first-order valence-corrected chi connectivity index (χ1v) is 7.39. The third kappa shape index (κ3) is 4.66. The van der Waals surface area contributed by atoms with Crippen molar-refractivity contribution in [3.63, 3.8) is 0 Å². The Morgan fingerprint density at radius 2 is 1.73 bits per heavy atom. The summed E-state index contributed by atoms with van der Waals surface area (Å²) < 4.78 is 5.40. The number of aliphatic hydroxyl groups is 1. The maximum Gasteiger partial charge on any atom is 0.122 e. The van der Waals surface area contributed by atoms with Crippen LogP contribution in [0.5, 0.6) is 5.75 Å². The predicted octanol–water partition coefficient (Wildman–Crippen LogP) is 5.60. The molecule has 0 aromatic heterocycles. The summed E-state index contributed by atoms with van der Waals surface area (Å²) in [6.45, 7) is 10.2. The summed E-state index contributed by atoms with van der Waals surface area (Å²) in [6, 6.07) is 2.08. The number of aryl methyl sites for hydroxylation is 1. The highest BCUT2D eigenvalue weighted by Crippen LogP contribution is 2.28. The number of ether oxygens (including phenoxy) is 1. The minimum absolute atomic E-state index is 0.825. The molecule has 118 valence electrons. The van der Waals surface area contributed by atoms with Gasteiger partial charge < -0.3 is 9.84 Å². The molecule has 0 saturated carbocycles. The van der Waals surface area contributed by atoms with Gasteiger partial charge >= 0.3 is 0 Å². The monoisotopic (exact) mass is 298 g/mol. The van der Waals surface area contributed by atoms with Crippen molar-refractivity contribution in [3.05, 3.63) is 70.0 Å². The molecule has 0 saturated heterocycles. The Hall–Kier alpha value is -2.22. The molecule has 1 aromatic carbocycles. The quantitative estimate of drug-likeness (QED) is 0.566. The first-order chi connectivity index (χ1) is 10.4. The molecule has 22 heavy (non-hydrogen) atoms. The summed E-state index contributed by atoms with van der Waals surface area (Å²) >= 11 is 0. The topological polar surface area (TPSA) is 29.5 Å². The van der Waals surface area contributed by atoms with Gasteiger partial charge in [-0.2, -0.15) is 0 Å². The average molecular weight is 298 g/mol. The molecular weight excluding hydrogens is 272 g/mol.